The molecule has 2 saturated heterocycles. The summed E-state index contributed by atoms with van der Waals surface area (Å²) in [5, 5.41) is 9.72. The molecule has 0 saturated carbocycles. The summed E-state index contributed by atoms with van der Waals surface area (Å²) >= 11 is 0. The van der Waals surface area contributed by atoms with E-state index in [4.69, 9.17) is 0 Å². The van der Waals surface area contributed by atoms with Crippen LogP contribution in [-0.2, 0) is 9.59 Å². The molecule has 5 nitrogen and oxygen atoms in total. The number of likely N-dealkylation sites (tertiary alicyclic amines) is 2. The summed E-state index contributed by atoms with van der Waals surface area (Å²) in [6, 6.07) is -0.308. The maximum atomic E-state index is 12.7. The van der Waals surface area contributed by atoms with E-state index >= 15 is 0 Å². The third-order valence-electron chi connectivity index (χ3n) is 4.61. The zero-order chi connectivity index (χ0) is 14.7. The number of amides is 2. The van der Waals surface area contributed by atoms with Crippen LogP contribution in [0, 0.1) is 5.92 Å². The van der Waals surface area contributed by atoms with Gasteiger partial charge in [0.15, 0.2) is 0 Å². The lowest BCUT2D eigenvalue weighted by atomic mass is 9.93. The number of nitrogens with zero attached hydrogens (tertiary/aromatic N) is 2. The highest BCUT2D eigenvalue weighted by Crippen LogP contribution is 2.23. The van der Waals surface area contributed by atoms with E-state index in [1.165, 1.54) is 0 Å². The van der Waals surface area contributed by atoms with Crippen LogP contribution in [0.5, 0.6) is 0 Å². The number of hydrogen-bond acceptors (Lipinski definition) is 3. The Morgan fingerprint density at radius 1 is 1.40 bits per heavy atom. The van der Waals surface area contributed by atoms with Crippen molar-refractivity contribution in [3.63, 3.8) is 0 Å². The van der Waals surface area contributed by atoms with Crippen LogP contribution in [0.15, 0.2) is 0 Å². The average Bonchev–Trinajstić information content (AvgIpc) is 2.86. The van der Waals surface area contributed by atoms with Crippen LogP contribution in [0.1, 0.15) is 46.0 Å². The van der Waals surface area contributed by atoms with Crippen molar-refractivity contribution in [3.8, 4) is 0 Å². The molecule has 0 aromatic heterocycles. The number of aliphatic hydroxyl groups is 1. The van der Waals surface area contributed by atoms with E-state index in [2.05, 4.69) is 0 Å². The van der Waals surface area contributed by atoms with Crippen molar-refractivity contribution < 1.29 is 14.7 Å². The number of hydrogen-bond donors (Lipinski definition) is 1. The number of carbonyl (C=O) groups excluding carboxylic acids is 2. The average molecular weight is 282 g/mol. The van der Waals surface area contributed by atoms with Gasteiger partial charge in [-0.2, -0.15) is 0 Å². The quantitative estimate of drug-likeness (QED) is 0.837. The van der Waals surface area contributed by atoms with E-state index < -0.39 is 0 Å². The third kappa shape index (κ3) is 3.14. The Labute approximate surface area is 120 Å². The lowest BCUT2D eigenvalue weighted by Crippen LogP contribution is -2.52. The van der Waals surface area contributed by atoms with Gasteiger partial charge in [-0.1, -0.05) is 6.92 Å². The maximum absolute atomic E-state index is 12.7. The van der Waals surface area contributed by atoms with Gasteiger partial charge < -0.3 is 14.9 Å². The Morgan fingerprint density at radius 3 is 2.70 bits per heavy atom. The van der Waals surface area contributed by atoms with Gasteiger partial charge in [-0.05, 0) is 32.6 Å². The van der Waals surface area contributed by atoms with E-state index in [0.717, 1.165) is 25.8 Å². The number of carbonyl (C=O) groups is 2. The van der Waals surface area contributed by atoms with Crippen molar-refractivity contribution in [1.29, 1.82) is 0 Å². The molecule has 0 aromatic carbocycles. The Kier molecular flexibility index (Phi) is 5.02. The van der Waals surface area contributed by atoms with E-state index in [-0.39, 0.29) is 29.9 Å². The molecule has 0 aliphatic carbocycles. The molecule has 2 aliphatic heterocycles. The fraction of sp³-hybridized carbons (Fsp3) is 0.867. The smallest absolute Gasteiger partial charge is 0.245 e. The standard InChI is InChI=1S/C15H26N2O3/c1-3-13(17-9-5-7-14(17)19)15(20)16-8-4-6-12(10-16)11(2)18/h11-13,18H,3-10H2,1-2H3. The Morgan fingerprint density at radius 2 is 2.15 bits per heavy atom. The van der Waals surface area contributed by atoms with Gasteiger partial charge in [0.05, 0.1) is 6.10 Å². The SMILES string of the molecule is CCC(C(=O)N1CCCC(C(C)O)C1)N1CCCC1=O. The van der Waals surface area contributed by atoms with Crippen LogP contribution >= 0.6 is 0 Å². The molecule has 0 radical (unpaired) electrons. The van der Waals surface area contributed by atoms with Crippen LogP contribution in [0.25, 0.3) is 0 Å². The Balaban J connectivity index is 2.02. The van der Waals surface area contributed by atoms with Crippen molar-refractivity contribution in [2.75, 3.05) is 19.6 Å². The van der Waals surface area contributed by atoms with Crippen LogP contribution in [0.4, 0.5) is 0 Å². The molecule has 0 aromatic rings. The minimum atomic E-state index is -0.376. The first-order valence-corrected chi connectivity index (χ1v) is 7.81. The second-order valence-electron chi connectivity index (χ2n) is 6.04. The normalized spacial score (nSPS) is 26.8. The zero-order valence-electron chi connectivity index (χ0n) is 12.5. The minimum Gasteiger partial charge on any atom is -0.393 e. The highest BCUT2D eigenvalue weighted by molar-refractivity contribution is 5.88. The van der Waals surface area contributed by atoms with Crippen LogP contribution in [-0.4, -0.2) is 58.5 Å². The summed E-state index contributed by atoms with van der Waals surface area (Å²) in [5.74, 6) is 0.335. The van der Waals surface area contributed by atoms with Gasteiger partial charge in [0.1, 0.15) is 6.04 Å². The van der Waals surface area contributed by atoms with Gasteiger partial charge in [-0.25, -0.2) is 0 Å². The van der Waals surface area contributed by atoms with Crippen molar-refractivity contribution in [3.05, 3.63) is 0 Å². The fourth-order valence-corrected chi connectivity index (χ4v) is 3.34. The Bertz CT molecular complexity index is 370. The van der Waals surface area contributed by atoms with Gasteiger partial charge >= 0.3 is 0 Å². The van der Waals surface area contributed by atoms with Gasteiger partial charge in [0.25, 0.3) is 0 Å². The molecule has 114 valence electrons. The second kappa shape index (κ2) is 6.57. The van der Waals surface area contributed by atoms with Crippen molar-refractivity contribution in [2.24, 2.45) is 5.92 Å². The molecular formula is C15H26N2O3. The minimum absolute atomic E-state index is 0.0631. The van der Waals surface area contributed by atoms with Crippen LogP contribution in [0.2, 0.25) is 0 Å². The van der Waals surface area contributed by atoms with Gasteiger partial charge in [0.2, 0.25) is 11.8 Å². The Hall–Kier alpha value is -1.10. The molecule has 0 spiro atoms. The molecule has 20 heavy (non-hydrogen) atoms. The largest absolute Gasteiger partial charge is 0.393 e. The molecule has 2 rings (SSSR count). The molecule has 2 fully saturated rings. The molecule has 0 bridgehead atoms. The summed E-state index contributed by atoms with van der Waals surface area (Å²) in [7, 11) is 0. The summed E-state index contributed by atoms with van der Waals surface area (Å²) < 4.78 is 0. The summed E-state index contributed by atoms with van der Waals surface area (Å²) in [6.45, 7) is 5.83. The third-order valence-corrected chi connectivity index (χ3v) is 4.61. The fourth-order valence-electron chi connectivity index (χ4n) is 3.34. The lowest BCUT2D eigenvalue weighted by Gasteiger charge is -2.38. The number of aliphatic hydroxyl groups excluding tert-OH is 1. The first kappa shape index (κ1) is 15.3. The summed E-state index contributed by atoms with van der Waals surface area (Å²) in [6.07, 6.45) is 3.63. The predicted octanol–water partition coefficient (Wildman–Crippen LogP) is 1.01. The summed E-state index contributed by atoms with van der Waals surface area (Å²) in [4.78, 5) is 28.1. The van der Waals surface area contributed by atoms with Gasteiger partial charge in [0, 0.05) is 32.0 Å². The monoisotopic (exact) mass is 282 g/mol. The molecule has 5 heteroatoms. The van der Waals surface area contributed by atoms with Crippen molar-refractivity contribution in [2.45, 2.75) is 58.1 Å². The van der Waals surface area contributed by atoms with Crippen molar-refractivity contribution in [1.82, 2.24) is 9.80 Å². The van der Waals surface area contributed by atoms with E-state index in [9.17, 15) is 14.7 Å². The van der Waals surface area contributed by atoms with E-state index in [1.54, 1.807) is 11.8 Å². The zero-order valence-corrected chi connectivity index (χ0v) is 12.5. The topological polar surface area (TPSA) is 60.9 Å². The second-order valence-corrected chi connectivity index (χ2v) is 6.04. The number of piperidine rings is 1. The highest BCUT2D eigenvalue weighted by Gasteiger charge is 2.36. The first-order chi connectivity index (χ1) is 9.54. The molecule has 2 aliphatic rings. The molecule has 2 amide bonds. The molecule has 1 N–H and O–H groups in total. The van der Waals surface area contributed by atoms with Crippen molar-refractivity contribution >= 4 is 11.8 Å². The molecular weight excluding hydrogens is 256 g/mol. The van der Waals surface area contributed by atoms with E-state index in [1.807, 2.05) is 11.8 Å². The van der Waals surface area contributed by atoms with Gasteiger partial charge in [-0.3, -0.25) is 9.59 Å². The highest BCUT2D eigenvalue weighted by atomic mass is 16.3. The van der Waals surface area contributed by atoms with Crippen LogP contribution in [0.3, 0.4) is 0 Å². The molecule has 2 heterocycles. The molecule has 3 unspecified atom stereocenters. The summed E-state index contributed by atoms with van der Waals surface area (Å²) in [5.41, 5.74) is 0. The van der Waals surface area contributed by atoms with Crippen LogP contribution < -0.4 is 0 Å². The lowest BCUT2D eigenvalue weighted by molar-refractivity contribution is -0.145. The first-order valence-electron chi connectivity index (χ1n) is 7.81. The predicted molar refractivity (Wildman–Crippen MR) is 76.0 cm³/mol. The maximum Gasteiger partial charge on any atom is 0.245 e. The van der Waals surface area contributed by atoms with E-state index in [0.29, 0.717) is 25.9 Å². The number of rotatable bonds is 4. The van der Waals surface area contributed by atoms with Gasteiger partial charge in [-0.15, -0.1) is 0 Å². The molecule has 3 atom stereocenters.